The minimum atomic E-state index is -4.50. The smallest absolute Gasteiger partial charge is 0.282 e. The van der Waals surface area contributed by atoms with Crippen LogP contribution in [0.5, 0.6) is 0 Å². The molecule has 2 aromatic carbocycles. The maximum atomic E-state index is 11.4. The summed E-state index contributed by atoms with van der Waals surface area (Å²) in [5.41, 5.74) is 1.62. The number of hydrogen-bond donors (Lipinski definition) is 2. The maximum Gasteiger partial charge on any atom is 0.397 e. The van der Waals surface area contributed by atoms with Crippen LogP contribution in [0.3, 0.4) is 0 Å². The molecule has 0 aliphatic heterocycles. The number of aryl methyl sites for hydroxylation is 2. The lowest BCUT2D eigenvalue weighted by Crippen LogP contribution is -2.06. The summed E-state index contributed by atoms with van der Waals surface area (Å²) in [5, 5.41) is 1.46. The third-order valence-electron chi connectivity index (χ3n) is 3.29. The van der Waals surface area contributed by atoms with Gasteiger partial charge in [-0.05, 0) is 48.2 Å². The minimum Gasteiger partial charge on any atom is -0.282 e. The summed E-state index contributed by atoms with van der Waals surface area (Å²) in [6.45, 7) is 1.66. The van der Waals surface area contributed by atoms with Gasteiger partial charge in [-0.2, -0.15) is 16.8 Å². The molecule has 0 aliphatic carbocycles. The molecule has 2 N–H and O–H groups in total. The molecular weight excluding hydrogens is 344 g/mol. The van der Waals surface area contributed by atoms with E-state index < -0.39 is 20.5 Å². The van der Waals surface area contributed by atoms with Gasteiger partial charge < -0.3 is 0 Å². The normalized spacial score (nSPS) is 12.7. The molecule has 2 rings (SSSR count). The average molecular weight is 360 g/mol. The van der Waals surface area contributed by atoms with E-state index in [9.17, 15) is 21.4 Å². The third kappa shape index (κ3) is 4.98. The zero-order valence-electron chi connectivity index (χ0n) is 12.3. The third-order valence-corrected chi connectivity index (χ3v) is 4.59. The monoisotopic (exact) mass is 360 g/mol. The van der Waals surface area contributed by atoms with Gasteiger partial charge in [0.25, 0.3) is 10.1 Å². The van der Waals surface area contributed by atoms with Crippen LogP contribution in [0.2, 0.25) is 0 Å². The molecular formula is C14H16O7S2. The minimum absolute atomic E-state index is 0.223. The van der Waals surface area contributed by atoms with Crippen LogP contribution in [0, 0.1) is 6.92 Å². The van der Waals surface area contributed by atoms with Crippen molar-refractivity contribution in [2.45, 2.75) is 24.7 Å². The molecule has 0 aromatic heterocycles. The molecule has 126 valence electrons. The van der Waals surface area contributed by atoms with Crippen molar-refractivity contribution in [2.75, 3.05) is 6.61 Å². The Balaban J connectivity index is 2.37. The Morgan fingerprint density at radius 2 is 1.74 bits per heavy atom. The molecule has 0 aliphatic rings. The lowest BCUT2D eigenvalue weighted by molar-refractivity contribution is 0.265. The van der Waals surface area contributed by atoms with E-state index in [1.165, 1.54) is 12.1 Å². The van der Waals surface area contributed by atoms with Gasteiger partial charge in [0.2, 0.25) is 0 Å². The summed E-state index contributed by atoms with van der Waals surface area (Å²) in [5.74, 6) is 0. The number of rotatable bonds is 6. The highest BCUT2D eigenvalue weighted by molar-refractivity contribution is 7.85. The highest BCUT2D eigenvalue weighted by atomic mass is 32.3. The largest absolute Gasteiger partial charge is 0.397 e. The van der Waals surface area contributed by atoms with Gasteiger partial charge in [-0.1, -0.05) is 23.8 Å². The van der Waals surface area contributed by atoms with Gasteiger partial charge in [0, 0.05) is 0 Å². The molecule has 9 heteroatoms. The second-order valence-corrected chi connectivity index (χ2v) is 7.65. The van der Waals surface area contributed by atoms with Gasteiger partial charge >= 0.3 is 10.4 Å². The molecule has 0 bridgehead atoms. The molecule has 0 amide bonds. The summed E-state index contributed by atoms with van der Waals surface area (Å²) in [4.78, 5) is -0.223. The van der Waals surface area contributed by atoms with Crippen LogP contribution in [-0.2, 0) is 31.1 Å². The number of fused-ring (bicyclic) bond motifs is 1. The number of benzene rings is 2. The summed E-state index contributed by atoms with van der Waals surface area (Å²) in [6.07, 6.45) is 0.566. The Labute approximate surface area is 134 Å². The maximum absolute atomic E-state index is 11.4. The fourth-order valence-electron chi connectivity index (χ4n) is 2.30. The molecule has 0 heterocycles. The van der Waals surface area contributed by atoms with E-state index in [2.05, 4.69) is 4.18 Å². The van der Waals surface area contributed by atoms with Crippen LogP contribution in [0.15, 0.2) is 35.2 Å². The average Bonchev–Trinajstić information content (AvgIpc) is 2.41. The number of hydrogen-bond acceptors (Lipinski definition) is 5. The van der Waals surface area contributed by atoms with E-state index in [1.54, 1.807) is 6.07 Å². The highest BCUT2D eigenvalue weighted by Crippen LogP contribution is 2.26. The first-order valence-corrected chi connectivity index (χ1v) is 9.49. The van der Waals surface area contributed by atoms with Gasteiger partial charge in [0.1, 0.15) is 0 Å². The Morgan fingerprint density at radius 1 is 1.04 bits per heavy atom. The van der Waals surface area contributed by atoms with Crippen LogP contribution < -0.4 is 0 Å². The first kappa shape index (κ1) is 17.8. The van der Waals surface area contributed by atoms with Crippen LogP contribution in [-0.4, -0.2) is 32.5 Å². The SMILES string of the molecule is Cc1ccc2cc(S(=O)(=O)O)cc(CCCOS(=O)(=O)O)c2c1. The second-order valence-electron chi connectivity index (χ2n) is 5.14. The summed E-state index contributed by atoms with van der Waals surface area (Å²) < 4.78 is 65.8. The van der Waals surface area contributed by atoms with Crippen molar-refractivity contribution >= 4 is 31.3 Å². The first-order chi connectivity index (χ1) is 10.6. The van der Waals surface area contributed by atoms with E-state index in [0.29, 0.717) is 17.4 Å². The van der Waals surface area contributed by atoms with Crippen molar-refractivity contribution in [3.63, 3.8) is 0 Å². The Hall–Kier alpha value is -1.52. The highest BCUT2D eigenvalue weighted by Gasteiger charge is 2.14. The van der Waals surface area contributed by atoms with Crippen LogP contribution in [0.1, 0.15) is 17.5 Å². The zero-order chi connectivity index (χ0) is 17.3. The molecule has 23 heavy (non-hydrogen) atoms. The van der Waals surface area contributed by atoms with Gasteiger partial charge in [-0.15, -0.1) is 0 Å². The van der Waals surface area contributed by atoms with Crippen molar-refractivity contribution in [1.29, 1.82) is 0 Å². The van der Waals surface area contributed by atoms with Crippen LogP contribution in [0.4, 0.5) is 0 Å². The molecule has 0 saturated carbocycles. The Morgan fingerprint density at radius 3 is 2.35 bits per heavy atom. The predicted octanol–water partition coefficient (Wildman–Crippen LogP) is 2.15. The van der Waals surface area contributed by atoms with E-state index in [0.717, 1.165) is 10.9 Å². The molecule has 0 spiro atoms. The van der Waals surface area contributed by atoms with Crippen molar-refractivity contribution in [1.82, 2.24) is 0 Å². The van der Waals surface area contributed by atoms with E-state index in [1.807, 2.05) is 19.1 Å². The van der Waals surface area contributed by atoms with E-state index in [-0.39, 0.29) is 17.9 Å². The molecule has 0 atom stereocenters. The summed E-state index contributed by atoms with van der Waals surface area (Å²) in [7, 11) is -8.84. The Kier molecular flexibility index (Phi) is 5.07. The Bertz CT molecular complexity index is 931. The zero-order valence-corrected chi connectivity index (χ0v) is 13.9. The van der Waals surface area contributed by atoms with Crippen molar-refractivity contribution in [3.8, 4) is 0 Å². The standard InChI is InChI=1S/C14H16O7S2/c1-10-4-5-12-9-13(22(15,16)17)8-11(14(12)7-10)3-2-6-21-23(18,19)20/h4-5,7-9H,2-3,6H2,1H3,(H,15,16,17)(H,18,19,20). The molecule has 2 aromatic rings. The topological polar surface area (TPSA) is 118 Å². The second kappa shape index (κ2) is 6.54. The fraction of sp³-hybridized carbons (Fsp3) is 0.286. The summed E-state index contributed by atoms with van der Waals surface area (Å²) in [6, 6.07) is 8.17. The molecule has 0 unspecified atom stereocenters. The van der Waals surface area contributed by atoms with Gasteiger partial charge in [-0.3, -0.25) is 9.11 Å². The molecule has 7 nitrogen and oxygen atoms in total. The first-order valence-electron chi connectivity index (χ1n) is 6.69. The quantitative estimate of drug-likeness (QED) is 0.598. The fourth-order valence-corrected chi connectivity index (χ4v) is 3.20. The lowest BCUT2D eigenvalue weighted by atomic mass is 9.99. The van der Waals surface area contributed by atoms with E-state index >= 15 is 0 Å². The van der Waals surface area contributed by atoms with Crippen molar-refractivity contribution < 1.29 is 30.1 Å². The van der Waals surface area contributed by atoms with Crippen molar-refractivity contribution in [3.05, 3.63) is 41.5 Å². The molecule has 0 radical (unpaired) electrons. The van der Waals surface area contributed by atoms with Gasteiger partial charge in [0.05, 0.1) is 11.5 Å². The van der Waals surface area contributed by atoms with E-state index in [4.69, 9.17) is 4.55 Å². The lowest BCUT2D eigenvalue weighted by Gasteiger charge is -2.10. The van der Waals surface area contributed by atoms with Gasteiger partial charge in [0.15, 0.2) is 0 Å². The molecule has 0 saturated heterocycles. The van der Waals surface area contributed by atoms with Crippen molar-refractivity contribution in [2.24, 2.45) is 0 Å². The van der Waals surface area contributed by atoms with Gasteiger partial charge in [-0.25, -0.2) is 4.18 Å². The predicted molar refractivity (Wildman–Crippen MR) is 84.3 cm³/mol. The molecule has 0 fully saturated rings. The van der Waals surface area contributed by atoms with Crippen LogP contribution in [0.25, 0.3) is 10.8 Å². The summed E-state index contributed by atoms with van der Waals surface area (Å²) >= 11 is 0. The van der Waals surface area contributed by atoms with Crippen LogP contribution >= 0.6 is 0 Å².